The van der Waals surface area contributed by atoms with E-state index in [1.165, 1.54) is 5.56 Å². The minimum absolute atomic E-state index is 0.520. The highest BCUT2D eigenvalue weighted by atomic mass is 16.6. The van der Waals surface area contributed by atoms with Gasteiger partial charge in [0, 0.05) is 5.56 Å². The molecule has 0 aliphatic carbocycles. The highest BCUT2D eigenvalue weighted by molar-refractivity contribution is 5.95. The monoisotopic (exact) mass is 218 g/mol. The number of hydrogen-bond acceptors (Lipinski definition) is 3. The van der Waals surface area contributed by atoms with E-state index < -0.39 is 11.7 Å². The van der Waals surface area contributed by atoms with Crippen LogP contribution in [0.4, 0.5) is 4.79 Å². The highest BCUT2D eigenvalue weighted by Gasteiger charge is 2.37. The molecule has 4 nitrogen and oxygen atoms in total. The molecule has 16 heavy (non-hydrogen) atoms. The molecule has 1 aromatic rings. The van der Waals surface area contributed by atoms with E-state index in [0.29, 0.717) is 0 Å². The first-order chi connectivity index (χ1) is 7.52. The molecule has 4 heteroatoms. The number of hydrazone groups is 1. The Bertz CT molecular complexity index is 451. The lowest BCUT2D eigenvalue weighted by atomic mass is 9.90. The molecule has 0 bridgehead atoms. The number of benzene rings is 1. The van der Waals surface area contributed by atoms with Crippen LogP contribution in [0.15, 0.2) is 29.4 Å². The van der Waals surface area contributed by atoms with Crippen LogP contribution in [0.2, 0.25) is 0 Å². The summed E-state index contributed by atoms with van der Waals surface area (Å²) in [5, 5.41) is 3.96. The molecule has 1 aliphatic rings. The second-order valence-electron chi connectivity index (χ2n) is 4.10. The largest absolute Gasteiger partial charge is 0.431 e. The van der Waals surface area contributed by atoms with Crippen LogP contribution in [0, 0.1) is 6.92 Å². The van der Waals surface area contributed by atoms with E-state index >= 15 is 0 Å². The van der Waals surface area contributed by atoms with Crippen molar-refractivity contribution < 1.29 is 9.53 Å². The Morgan fingerprint density at radius 3 is 2.50 bits per heavy atom. The van der Waals surface area contributed by atoms with Crippen LogP contribution >= 0.6 is 0 Å². The summed E-state index contributed by atoms with van der Waals surface area (Å²) in [7, 11) is 0. The fourth-order valence-corrected chi connectivity index (χ4v) is 1.66. The first kappa shape index (κ1) is 10.7. The molecule has 0 aromatic heterocycles. The van der Waals surface area contributed by atoms with E-state index in [2.05, 4.69) is 10.5 Å². The molecule has 0 fully saturated rings. The van der Waals surface area contributed by atoms with Gasteiger partial charge in [-0.25, -0.2) is 10.2 Å². The van der Waals surface area contributed by atoms with Gasteiger partial charge in [-0.05, 0) is 20.8 Å². The van der Waals surface area contributed by atoms with Gasteiger partial charge in [0.1, 0.15) is 0 Å². The Kier molecular flexibility index (Phi) is 2.42. The average Bonchev–Trinajstić information content (AvgIpc) is 2.25. The fourth-order valence-electron chi connectivity index (χ4n) is 1.66. The number of rotatable bonds is 1. The number of ether oxygens (including phenoxy) is 1. The van der Waals surface area contributed by atoms with Gasteiger partial charge >= 0.3 is 6.09 Å². The summed E-state index contributed by atoms with van der Waals surface area (Å²) in [4.78, 5) is 11.2. The summed E-state index contributed by atoms with van der Waals surface area (Å²) < 4.78 is 5.33. The van der Waals surface area contributed by atoms with Crippen molar-refractivity contribution in [2.45, 2.75) is 26.4 Å². The second-order valence-corrected chi connectivity index (χ2v) is 4.10. The molecule has 1 unspecified atom stereocenters. The number of aryl methyl sites for hydroxylation is 1. The minimum atomic E-state index is -0.768. The Morgan fingerprint density at radius 2 is 1.88 bits per heavy atom. The van der Waals surface area contributed by atoms with Gasteiger partial charge in [-0.3, -0.25) is 0 Å². The molecule has 0 saturated carbocycles. The minimum Gasteiger partial charge on any atom is -0.431 e. The van der Waals surface area contributed by atoms with E-state index in [0.717, 1.165) is 11.3 Å². The van der Waals surface area contributed by atoms with Gasteiger partial charge in [0.15, 0.2) is 5.60 Å². The number of cyclic esters (lactones) is 1. The van der Waals surface area contributed by atoms with E-state index in [-0.39, 0.29) is 0 Å². The van der Waals surface area contributed by atoms with Crippen molar-refractivity contribution in [3.05, 3.63) is 35.4 Å². The second kappa shape index (κ2) is 3.63. The summed E-state index contributed by atoms with van der Waals surface area (Å²) in [5.41, 5.74) is 4.35. The predicted octanol–water partition coefficient (Wildman–Crippen LogP) is 2.33. The Hall–Kier alpha value is -1.84. The summed E-state index contributed by atoms with van der Waals surface area (Å²) in [6.07, 6.45) is -0.520. The quantitative estimate of drug-likeness (QED) is 0.786. The highest BCUT2D eigenvalue weighted by Crippen LogP contribution is 2.29. The van der Waals surface area contributed by atoms with Crippen molar-refractivity contribution in [2.75, 3.05) is 0 Å². The third kappa shape index (κ3) is 1.66. The number of carbonyl (C=O) groups is 1. The normalized spacial score (nSPS) is 24.4. The molecular formula is C12H14N2O2. The molecule has 1 aliphatic heterocycles. The Balaban J connectivity index is 2.44. The maximum absolute atomic E-state index is 11.2. The molecule has 0 saturated heterocycles. The van der Waals surface area contributed by atoms with Gasteiger partial charge < -0.3 is 4.74 Å². The van der Waals surface area contributed by atoms with Gasteiger partial charge in [0.05, 0.1) is 5.71 Å². The molecule has 1 N–H and O–H groups in total. The number of carbonyl (C=O) groups excluding carboxylic acids is 1. The van der Waals surface area contributed by atoms with Crippen LogP contribution < -0.4 is 5.43 Å². The van der Waals surface area contributed by atoms with E-state index in [1.807, 2.05) is 45.0 Å². The van der Waals surface area contributed by atoms with Crippen molar-refractivity contribution in [1.82, 2.24) is 5.43 Å². The van der Waals surface area contributed by atoms with Gasteiger partial charge in [-0.1, -0.05) is 29.8 Å². The average molecular weight is 218 g/mol. The van der Waals surface area contributed by atoms with Crippen LogP contribution in [0.5, 0.6) is 0 Å². The summed E-state index contributed by atoms with van der Waals surface area (Å²) >= 11 is 0. The first-order valence-corrected chi connectivity index (χ1v) is 5.13. The van der Waals surface area contributed by atoms with Crippen molar-refractivity contribution in [3.8, 4) is 0 Å². The van der Waals surface area contributed by atoms with Crippen LogP contribution in [0.25, 0.3) is 0 Å². The van der Waals surface area contributed by atoms with E-state index in [1.54, 1.807) is 0 Å². The summed E-state index contributed by atoms with van der Waals surface area (Å²) in [5.74, 6) is 0. The lowest BCUT2D eigenvalue weighted by Gasteiger charge is -2.32. The molecule has 1 aromatic carbocycles. The number of nitrogens with zero attached hydrogens (tertiary/aromatic N) is 1. The maximum Gasteiger partial charge on any atom is 0.429 e. The number of nitrogens with one attached hydrogen (secondary N) is 1. The van der Waals surface area contributed by atoms with Crippen LogP contribution in [0.3, 0.4) is 0 Å². The standard InChI is InChI=1S/C12H14N2O2/c1-8-4-6-10(7-5-8)12(3)9(2)13-14-11(15)16-12/h4-7H,1-3H3,(H,14,15). The van der Waals surface area contributed by atoms with E-state index in [9.17, 15) is 4.79 Å². The molecule has 0 radical (unpaired) electrons. The molecule has 0 spiro atoms. The predicted molar refractivity (Wildman–Crippen MR) is 61.3 cm³/mol. The molecule has 2 rings (SSSR count). The maximum atomic E-state index is 11.2. The lowest BCUT2D eigenvalue weighted by Crippen LogP contribution is -2.44. The molecular weight excluding hydrogens is 204 g/mol. The van der Waals surface area contributed by atoms with E-state index in [4.69, 9.17) is 4.74 Å². The lowest BCUT2D eigenvalue weighted by molar-refractivity contribution is 0.0626. The Morgan fingerprint density at radius 1 is 1.25 bits per heavy atom. The third-order valence-electron chi connectivity index (χ3n) is 2.90. The SMILES string of the molecule is CC1=NNC(=O)OC1(C)c1ccc(C)cc1. The van der Waals surface area contributed by atoms with Gasteiger partial charge in [-0.2, -0.15) is 5.10 Å². The molecule has 1 heterocycles. The number of hydrogen-bond donors (Lipinski definition) is 1. The van der Waals surface area contributed by atoms with Gasteiger partial charge in [-0.15, -0.1) is 0 Å². The van der Waals surface area contributed by atoms with Crippen molar-refractivity contribution in [1.29, 1.82) is 0 Å². The van der Waals surface area contributed by atoms with Gasteiger partial charge in [0.25, 0.3) is 0 Å². The van der Waals surface area contributed by atoms with Crippen molar-refractivity contribution in [2.24, 2.45) is 5.10 Å². The third-order valence-corrected chi connectivity index (χ3v) is 2.90. The van der Waals surface area contributed by atoms with Crippen LogP contribution in [-0.4, -0.2) is 11.8 Å². The number of amides is 1. The van der Waals surface area contributed by atoms with Crippen LogP contribution in [-0.2, 0) is 10.3 Å². The Labute approximate surface area is 94.3 Å². The molecule has 1 atom stereocenters. The zero-order valence-corrected chi connectivity index (χ0v) is 9.57. The van der Waals surface area contributed by atoms with Crippen LogP contribution in [0.1, 0.15) is 25.0 Å². The van der Waals surface area contributed by atoms with Crippen molar-refractivity contribution in [3.63, 3.8) is 0 Å². The van der Waals surface area contributed by atoms with Gasteiger partial charge in [0.2, 0.25) is 0 Å². The summed E-state index contributed by atoms with van der Waals surface area (Å²) in [6.45, 7) is 5.69. The first-order valence-electron chi connectivity index (χ1n) is 5.13. The zero-order chi connectivity index (χ0) is 11.8. The summed E-state index contributed by atoms with van der Waals surface area (Å²) in [6, 6.07) is 7.88. The topological polar surface area (TPSA) is 50.7 Å². The van der Waals surface area contributed by atoms with Crippen molar-refractivity contribution >= 4 is 11.8 Å². The smallest absolute Gasteiger partial charge is 0.429 e. The molecule has 84 valence electrons. The zero-order valence-electron chi connectivity index (χ0n) is 9.57. The molecule has 1 amide bonds. The fraction of sp³-hybridized carbons (Fsp3) is 0.333.